The first-order chi connectivity index (χ1) is 15.9. The van der Waals surface area contributed by atoms with Crippen molar-refractivity contribution in [3.05, 3.63) is 91.2 Å². The summed E-state index contributed by atoms with van der Waals surface area (Å²) in [6, 6.07) is 19.7. The van der Waals surface area contributed by atoms with Gasteiger partial charge in [-0.15, -0.1) is 0 Å². The van der Waals surface area contributed by atoms with E-state index in [1.165, 1.54) is 11.8 Å². The average molecular weight is 590 g/mol. The van der Waals surface area contributed by atoms with Crippen molar-refractivity contribution in [2.45, 2.75) is 19.0 Å². The molecule has 1 unspecified atom stereocenters. The molecule has 0 saturated carbocycles. The lowest BCUT2D eigenvalue weighted by atomic mass is 10.1. The number of hydrogen-bond donors (Lipinski definition) is 2. The third-order valence-corrected chi connectivity index (χ3v) is 7.00. The highest BCUT2D eigenvalue weighted by Gasteiger charge is 2.28. The molecule has 1 aliphatic heterocycles. The molecule has 0 bridgehead atoms. The fraction of sp³-hybridized carbons (Fsp3) is 0.160. The van der Waals surface area contributed by atoms with Crippen LogP contribution in [-0.2, 0) is 11.4 Å². The molecule has 1 amide bonds. The van der Waals surface area contributed by atoms with Gasteiger partial charge in [0.25, 0.3) is 5.91 Å². The summed E-state index contributed by atoms with van der Waals surface area (Å²) in [4.78, 5) is 13.3. The van der Waals surface area contributed by atoms with Gasteiger partial charge in [0.2, 0.25) is 0 Å². The zero-order chi connectivity index (χ0) is 23.4. The Hall–Kier alpha value is -2.42. The number of halogens is 2. The number of carbonyl (C=O) groups is 1. The Labute approximate surface area is 214 Å². The third-order valence-electron chi connectivity index (χ3n) is 4.92. The Bertz CT molecular complexity index is 1200. The SMILES string of the molecule is COc1ccc(C)cc1NC1NC(=O)/C(=C/c2cc(Br)cc(Br)c2OCc2ccccc2)S1. The molecule has 1 aliphatic rings. The van der Waals surface area contributed by atoms with Crippen LogP contribution in [0, 0.1) is 6.92 Å². The predicted molar refractivity (Wildman–Crippen MR) is 141 cm³/mol. The first kappa shape index (κ1) is 23.7. The molecular formula is C25H22Br2N2O3S. The van der Waals surface area contributed by atoms with E-state index in [2.05, 4.69) is 42.5 Å². The molecular weight excluding hydrogens is 568 g/mol. The van der Waals surface area contributed by atoms with Crippen LogP contribution in [0.3, 0.4) is 0 Å². The van der Waals surface area contributed by atoms with Crippen molar-refractivity contribution in [2.75, 3.05) is 12.4 Å². The number of hydrogen-bond acceptors (Lipinski definition) is 5. The summed E-state index contributed by atoms with van der Waals surface area (Å²) >= 11 is 8.55. The van der Waals surface area contributed by atoms with Gasteiger partial charge < -0.3 is 20.1 Å². The largest absolute Gasteiger partial charge is 0.495 e. The lowest BCUT2D eigenvalue weighted by Gasteiger charge is -2.16. The average Bonchev–Trinajstić information content (AvgIpc) is 3.12. The van der Waals surface area contributed by atoms with Crippen molar-refractivity contribution in [3.63, 3.8) is 0 Å². The summed E-state index contributed by atoms with van der Waals surface area (Å²) in [5, 5.41) is 6.32. The van der Waals surface area contributed by atoms with Crippen LogP contribution in [-0.4, -0.2) is 18.5 Å². The van der Waals surface area contributed by atoms with Gasteiger partial charge >= 0.3 is 0 Å². The molecule has 3 aromatic rings. The Balaban J connectivity index is 1.56. The molecule has 1 atom stereocenters. The number of nitrogens with one attached hydrogen (secondary N) is 2. The highest BCUT2D eigenvalue weighted by Crippen LogP contribution is 2.38. The minimum Gasteiger partial charge on any atom is -0.495 e. The van der Waals surface area contributed by atoms with E-state index < -0.39 is 0 Å². The number of thioether (sulfide) groups is 1. The van der Waals surface area contributed by atoms with Crippen LogP contribution in [0.5, 0.6) is 11.5 Å². The normalized spacial score (nSPS) is 16.5. The maximum Gasteiger partial charge on any atom is 0.260 e. The van der Waals surface area contributed by atoms with Crippen LogP contribution in [0.25, 0.3) is 6.08 Å². The first-order valence-corrected chi connectivity index (χ1v) is 12.7. The van der Waals surface area contributed by atoms with Gasteiger partial charge in [-0.25, -0.2) is 0 Å². The summed E-state index contributed by atoms with van der Waals surface area (Å²) in [5.74, 6) is 1.26. The molecule has 4 rings (SSSR count). The van der Waals surface area contributed by atoms with E-state index in [9.17, 15) is 4.79 Å². The van der Waals surface area contributed by atoms with Crippen LogP contribution < -0.4 is 20.1 Å². The minimum absolute atomic E-state index is 0.144. The van der Waals surface area contributed by atoms with Crippen molar-refractivity contribution in [2.24, 2.45) is 0 Å². The van der Waals surface area contributed by atoms with E-state index >= 15 is 0 Å². The van der Waals surface area contributed by atoms with Gasteiger partial charge in [-0.3, -0.25) is 4.79 Å². The minimum atomic E-state index is -0.316. The second kappa shape index (κ2) is 10.7. The molecule has 1 fully saturated rings. The zero-order valence-corrected chi connectivity index (χ0v) is 22.0. The van der Waals surface area contributed by atoms with Gasteiger partial charge in [-0.2, -0.15) is 0 Å². The Kier molecular flexibility index (Phi) is 7.67. The molecule has 0 spiro atoms. The highest BCUT2D eigenvalue weighted by molar-refractivity contribution is 9.11. The second-order valence-corrected chi connectivity index (χ2v) is 10.3. The molecule has 0 radical (unpaired) electrons. The third kappa shape index (κ3) is 5.93. The number of aryl methyl sites for hydroxylation is 1. The smallest absolute Gasteiger partial charge is 0.260 e. The van der Waals surface area contributed by atoms with E-state index in [0.717, 1.165) is 37.1 Å². The van der Waals surface area contributed by atoms with Crippen molar-refractivity contribution in [1.29, 1.82) is 0 Å². The van der Waals surface area contributed by atoms with Gasteiger partial charge in [0, 0.05) is 10.0 Å². The van der Waals surface area contributed by atoms with Gasteiger partial charge in [-0.05, 0) is 64.3 Å². The maximum atomic E-state index is 12.7. The molecule has 3 aromatic carbocycles. The molecule has 170 valence electrons. The Morgan fingerprint density at radius 2 is 1.91 bits per heavy atom. The summed E-state index contributed by atoms with van der Waals surface area (Å²) in [6.45, 7) is 2.44. The Morgan fingerprint density at radius 1 is 1.12 bits per heavy atom. The van der Waals surface area contributed by atoms with Crippen LogP contribution in [0.1, 0.15) is 16.7 Å². The van der Waals surface area contributed by atoms with Gasteiger partial charge in [-0.1, -0.05) is 64.1 Å². The number of carbonyl (C=O) groups excluding carboxylic acids is 1. The van der Waals surface area contributed by atoms with Crippen LogP contribution in [0.4, 0.5) is 5.69 Å². The molecule has 0 aliphatic carbocycles. The van der Waals surface area contributed by atoms with Gasteiger partial charge in [0.1, 0.15) is 18.1 Å². The summed E-state index contributed by atoms with van der Waals surface area (Å²) in [5.41, 5.74) is 3.48. The lowest BCUT2D eigenvalue weighted by molar-refractivity contribution is -0.116. The monoisotopic (exact) mass is 588 g/mol. The summed E-state index contributed by atoms with van der Waals surface area (Å²) in [6.07, 6.45) is 1.85. The topological polar surface area (TPSA) is 59.6 Å². The molecule has 0 aromatic heterocycles. The molecule has 33 heavy (non-hydrogen) atoms. The fourth-order valence-electron chi connectivity index (χ4n) is 3.35. The van der Waals surface area contributed by atoms with E-state index in [1.54, 1.807) is 7.11 Å². The van der Waals surface area contributed by atoms with Crippen LogP contribution in [0.2, 0.25) is 0 Å². The van der Waals surface area contributed by atoms with Crippen molar-refractivity contribution >= 4 is 61.3 Å². The number of amides is 1. The van der Waals surface area contributed by atoms with E-state index in [0.29, 0.717) is 17.3 Å². The zero-order valence-electron chi connectivity index (χ0n) is 18.0. The summed E-state index contributed by atoms with van der Waals surface area (Å²) < 4.78 is 13.3. The standard InChI is InChI=1S/C25H22Br2N2O3S/c1-15-8-9-21(31-2)20(10-15)28-25-29-24(30)22(33-25)12-17-11-18(26)13-19(27)23(17)32-14-16-6-4-3-5-7-16/h3-13,25,28H,14H2,1-2H3,(H,29,30)/b22-12-. The van der Waals surface area contributed by atoms with Gasteiger partial charge in [0.05, 0.1) is 22.2 Å². The maximum absolute atomic E-state index is 12.7. The predicted octanol–water partition coefficient (Wildman–Crippen LogP) is 6.71. The van der Waals surface area contributed by atoms with Crippen molar-refractivity contribution < 1.29 is 14.3 Å². The van der Waals surface area contributed by atoms with E-state index in [-0.39, 0.29) is 11.4 Å². The number of ether oxygens (including phenoxy) is 2. The van der Waals surface area contributed by atoms with Crippen LogP contribution >= 0.6 is 43.6 Å². The highest BCUT2D eigenvalue weighted by atomic mass is 79.9. The van der Waals surface area contributed by atoms with Gasteiger partial charge in [0.15, 0.2) is 5.50 Å². The van der Waals surface area contributed by atoms with Crippen LogP contribution in [0.15, 0.2) is 74.5 Å². The van der Waals surface area contributed by atoms with Crippen molar-refractivity contribution in [1.82, 2.24) is 5.32 Å². The molecule has 1 saturated heterocycles. The van der Waals surface area contributed by atoms with E-state index in [4.69, 9.17) is 9.47 Å². The fourth-order valence-corrected chi connectivity index (χ4v) is 5.69. The number of rotatable bonds is 7. The quantitative estimate of drug-likeness (QED) is 0.300. The first-order valence-electron chi connectivity index (χ1n) is 10.2. The number of benzene rings is 3. The Morgan fingerprint density at radius 3 is 2.67 bits per heavy atom. The number of anilines is 1. The van der Waals surface area contributed by atoms with Crippen molar-refractivity contribution in [3.8, 4) is 11.5 Å². The second-order valence-electron chi connectivity index (χ2n) is 7.41. The molecule has 2 N–H and O–H groups in total. The molecule has 5 nitrogen and oxygen atoms in total. The molecule has 8 heteroatoms. The van der Waals surface area contributed by atoms with E-state index in [1.807, 2.05) is 73.7 Å². The number of methoxy groups -OCH3 is 1. The molecule has 1 heterocycles. The summed E-state index contributed by atoms with van der Waals surface area (Å²) in [7, 11) is 1.63. The lowest BCUT2D eigenvalue weighted by Crippen LogP contribution is -2.31.